The van der Waals surface area contributed by atoms with Gasteiger partial charge >= 0.3 is 0 Å². The summed E-state index contributed by atoms with van der Waals surface area (Å²) in [6.45, 7) is -0.0873. The van der Waals surface area contributed by atoms with Crippen molar-refractivity contribution in [3.63, 3.8) is 0 Å². The van der Waals surface area contributed by atoms with E-state index in [1.807, 2.05) is 0 Å². The van der Waals surface area contributed by atoms with Gasteiger partial charge in [0.15, 0.2) is 0 Å². The van der Waals surface area contributed by atoms with E-state index in [1.165, 1.54) is 6.33 Å². The monoisotopic (exact) mass is 471 g/mol. The van der Waals surface area contributed by atoms with Gasteiger partial charge in [-0.2, -0.15) is 0 Å². The van der Waals surface area contributed by atoms with E-state index in [-0.39, 0.29) is 36.6 Å². The molecule has 3 heterocycles. The summed E-state index contributed by atoms with van der Waals surface area (Å²) in [6, 6.07) is 6.88. The predicted octanol–water partition coefficient (Wildman–Crippen LogP) is 1.32. The first-order valence-corrected chi connectivity index (χ1v) is 10.0. The summed E-state index contributed by atoms with van der Waals surface area (Å²) in [5.74, 6) is -0.795. The third-order valence-corrected chi connectivity index (χ3v) is 5.14. The molecule has 0 saturated heterocycles. The summed E-state index contributed by atoms with van der Waals surface area (Å²) in [6.07, 6.45) is 4.60. The molecule has 0 spiro atoms. The minimum atomic E-state index is -0.663. The van der Waals surface area contributed by atoms with Crippen LogP contribution in [-0.4, -0.2) is 54.7 Å². The number of carbonyl (C=O) groups is 3. The quantitative estimate of drug-likeness (QED) is 0.498. The van der Waals surface area contributed by atoms with Gasteiger partial charge in [0.2, 0.25) is 11.8 Å². The molecule has 3 amide bonds. The Morgan fingerprint density at radius 2 is 2.03 bits per heavy atom. The Kier molecular flexibility index (Phi) is 5.44. The molecule has 3 N–H and O–H groups in total. The summed E-state index contributed by atoms with van der Waals surface area (Å²) in [4.78, 5) is 50.8. The maximum absolute atomic E-state index is 13.0. The van der Waals surface area contributed by atoms with Crippen LogP contribution in [0.5, 0.6) is 0 Å². The first kappa shape index (κ1) is 20.0. The van der Waals surface area contributed by atoms with Crippen LogP contribution >= 0.6 is 15.9 Å². The molecular formula is C19H18BrN7O3. The molecule has 10 nitrogen and oxygen atoms in total. The lowest BCUT2D eigenvalue weighted by Gasteiger charge is -2.22. The molecule has 0 aromatic carbocycles. The highest BCUT2D eigenvalue weighted by atomic mass is 79.9. The third kappa shape index (κ3) is 4.30. The number of anilines is 1. The van der Waals surface area contributed by atoms with Gasteiger partial charge in [0.05, 0.1) is 5.39 Å². The van der Waals surface area contributed by atoms with Gasteiger partial charge < -0.3 is 20.5 Å². The van der Waals surface area contributed by atoms with Gasteiger partial charge in [0, 0.05) is 12.2 Å². The van der Waals surface area contributed by atoms with Crippen molar-refractivity contribution in [2.45, 2.75) is 25.4 Å². The first-order valence-electron chi connectivity index (χ1n) is 9.24. The Hall–Kier alpha value is -3.34. The van der Waals surface area contributed by atoms with Crippen molar-refractivity contribution >= 4 is 50.5 Å². The second-order valence-corrected chi connectivity index (χ2v) is 7.73. The van der Waals surface area contributed by atoms with Crippen LogP contribution in [0, 0.1) is 0 Å². The Labute approximate surface area is 179 Å². The van der Waals surface area contributed by atoms with E-state index in [0.29, 0.717) is 21.5 Å². The number of aromatic nitrogens is 4. The molecular weight excluding hydrogens is 454 g/mol. The van der Waals surface area contributed by atoms with Gasteiger partial charge in [-0.1, -0.05) is 6.07 Å². The topological polar surface area (TPSA) is 136 Å². The van der Waals surface area contributed by atoms with E-state index in [9.17, 15) is 14.4 Å². The zero-order chi connectivity index (χ0) is 21.3. The van der Waals surface area contributed by atoms with E-state index in [0.717, 1.165) is 12.8 Å². The molecule has 3 aromatic heterocycles. The second kappa shape index (κ2) is 8.19. The average molecular weight is 472 g/mol. The molecule has 1 saturated carbocycles. The molecule has 154 valence electrons. The van der Waals surface area contributed by atoms with E-state index in [4.69, 9.17) is 5.73 Å². The molecule has 0 radical (unpaired) electrons. The second-order valence-electron chi connectivity index (χ2n) is 6.91. The molecule has 0 unspecified atom stereocenters. The lowest BCUT2D eigenvalue weighted by molar-refractivity contribution is -0.135. The molecule has 30 heavy (non-hydrogen) atoms. The summed E-state index contributed by atoms with van der Waals surface area (Å²) >= 11 is 3.26. The lowest BCUT2D eigenvalue weighted by atomic mass is 10.3. The van der Waals surface area contributed by atoms with Gasteiger partial charge in [-0.3, -0.25) is 14.4 Å². The summed E-state index contributed by atoms with van der Waals surface area (Å²) < 4.78 is 2.22. The van der Waals surface area contributed by atoms with Gasteiger partial charge in [-0.25, -0.2) is 15.0 Å². The highest BCUT2D eigenvalue weighted by molar-refractivity contribution is 9.10. The maximum atomic E-state index is 13.0. The number of hydrogen-bond donors (Lipinski definition) is 2. The Balaban J connectivity index is 1.48. The third-order valence-electron chi connectivity index (χ3n) is 4.70. The molecule has 1 aliphatic carbocycles. The fourth-order valence-electron chi connectivity index (χ4n) is 3.19. The number of hydrogen-bond acceptors (Lipinski definition) is 6. The number of nitrogens with zero attached hydrogens (tertiary/aromatic N) is 5. The molecule has 4 rings (SSSR count). The van der Waals surface area contributed by atoms with Crippen molar-refractivity contribution in [2.24, 2.45) is 5.73 Å². The number of nitrogens with two attached hydrogens (primary N) is 1. The zero-order valence-corrected chi connectivity index (χ0v) is 17.4. The van der Waals surface area contributed by atoms with Crippen molar-refractivity contribution in [1.29, 1.82) is 0 Å². The number of fused-ring (bicyclic) bond motifs is 1. The minimum absolute atomic E-state index is 0.0162. The number of halogens is 1. The predicted molar refractivity (Wildman–Crippen MR) is 111 cm³/mol. The van der Waals surface area contributed by atoms with Crippen LogP contribution < -0.4 is 11.1 Å². The largest absolute Gasteiger partial charge is 0.364 e. The van der Waals surface area contributed by atoms with E-state index in [2.05, 4.69) is 36.2 Å². The van der Waals surface area contributed by atoms with E-state index < -0.39 is 5.91 Å². The normalized spacial score (nSPS) is 13.2. The first-order chi connectivity index (χ1) is 14.4. The Morgan fingerprint density at radius 1 is 1.23 bits per heavy atom. The van der Waals surface area contributed by atoms with Crippen molar-refractivity contribution < 1.29 is 14.4 Å². The fourth-order valence-corrected chi connectivity index (χ4v) is 3.53. The molecule has 0 atom stereocenters. The zero-order valence-electron chi connectivity index (χ0n) is 15.8. The van der Waals surface area contributed by atoms with E-state index in [1.54, 1.807) is 39.9 Å². The molecule has 0 aliphatic heterocycles. The Bertz CT molecular complexity index is 1140. The minimum Gasteiger partial charge on any atom is -0.364 e. The van der Waals surface area contributed by atoms with Crippen molar-refractivity contribution in [3.05, 3.63) is 47.1 Å². The van der Waals surface area contributed by atoms with Crippen LogP contribution in [0.3, 0.4) is 0 Å². The maximum Gasteiger partial charge on any atom is 0.268 e. The highest BCUT2D eigenvalue weighted by Crippen LogP contribution is 2.27. The number of amides is 3. The number of carbonyl (C=O) groups excluding carboxylic acids is 3. The molecule has 1 aliphatic rings. The number of nitrogens with one attached hydrogen (secondary N) is 1. The van der Waals surface area contributed by atoms with Gasteiger partial charge in [-0.15, -0.1) is 0 Å². The Morgan fingerprint density at radius 3 is 2.73 bits per heavy atom. The molecule has 11 heteroatoms. The van der Waals surface area contributed by atoms with Crippen molar-refractivity contribution in [2.75, 3.05) is 11.9 Å². The van der Waals surface area contributed by atoms with Gasteiger partial charge in [-0.05, 0) is 47.0 Å². The van der Waals surface area contributed by atoms with Gasteiger partial charge in [0.1, 0.15) is 41.2 Å². The molecule has 3 aromatic rings. The standard InChI is InChI=1S/C19H18BrN7O3/c20-13-2-1-3-14(24-13)25-15(28)8-27(11-4-5-11)16(29)9-26-7-6-12-17(18(21)30)22-10-23-19(12)26/h1-3,6-7,10-11H,4-5,8-9H2,(H2,21,30)(H,24,25,28). The van der Waals surface area contributed by atoms with Crippen molar-refractivity contribution in [1.82, 2.24) is 24.4 Å². The van der Waals surface area contributed by atoms with E-state index >= 15 is 0 Å². The van der Waals surface area contributed by atoms with Crippen LogP contribution in [0.1, 0.15) is 23.3 Å². The number of primary amides is 1. The highest BCUT2D eigenvalue weighted by Gasteiger charge is 2.34. The van der Waals surface area contributed by atoms with Crippen LogP contribution in [-0.2, 0) is 16.1 Å². The average Bonchev–Trinajstić information content (AvgIpc) is 3.46. The number of rotatable bonds is 7. The summed E-state index contributed by atoms with van der Waals surface area (Å²) in [7, 11) is 0. The smallest absolute Gasteiger partial charge is 0.268 e. The van der Waals surface area contributed by atoms with Crippen LogP contribution in [0.2, 0.25) is 0 Å². The SMILES string of the molecule is NC(=O)c1ncnc2c1ccn2CC(=O)N(CC(=O)Nc1cccc(Br)n1)C1CC1. The molecule has 0 bridgehead atoms. The fraction of sp³-hybridized carbons (Fsp3) is 0.263. The number of pyridine rings is 1. The van der Waals surface area contributed by atoms with Crippen molar-refractivity contribution in [3.8, 4) is 0 Å². The van der Waals surface area contributed by atoms with Crippen LogP contribution in [0.4, 0.5) is 5.82 Å². The van der Waals surface area contributed by atoms with Crippen LogP contribution in [0.25, 0.3) is 11.0 Å². The molecule has 1 fully saturated rings. The summed E-state index contributed by atoms with van der Waals surface area (Å²) in [5, 5.41) is 3.19. The summed E-state index contributed by atoms with van der Waals surface area (Å²) in [5.41, 5.74) is 5.89. The lowest BCUT2D eigenvalue weighted by Crippen LogP contribution is -2.41. The van der Waals surface area contributed by atoms with Gasteiger partial charge in [0.25, 0.3) is 5.91 Å². The van der Waals surface area contributed by atoms with Crippen LogP contribution in [0.15, 0.2) is 41.4 Å².